The molecule has 3 atom stereocenters. The summed E-state index contributed by atoms with van der Waals surface area (Å²) in [5.74, 6) is -1.05. The van der Waals surface area contributed by atoms with Gasteiger partial charge in [-0.15, -0.1) is 0 Å². The molecule has 1 aliphatic rings. The predicted molar refractivity (Wildman–Crippen MR) is 79.7 cm³/mol. The van der Waals surface area contributed by atoms with Crippen LogP contribution in [0.1, 0.15) is 17.9 Å². The fourth-order valence-corrected chi connectivity index (χ4v) is 3.68. The number of hydrogen-bond acceptors (Lipinski definition) is 2. The molecule has 26 heavy (non-hydrogen) atoms. The molecule has 1 aliphatic heterocycles. The molecular formula is C14H11ClF7NO2S. The van der Waals surface area contributed by atoms with Gasteiger partial charge in [-0.05, 0) is 23.2 Å². The van der Waals surface area contributed by atoms with Crippen LogP contribution in [0.5, 0.6) is 0 Å². The third kappa shape index (κ3) is 3.99. The predicted octanol–water partition coefficient (Wildman–Crippen LogP) is 4.33. The zero-order chi connectivity index (χ0) is 19.9. The zero-order valence-electron chi connectivity index (χ0n) is 12.6. The summed E-state index contributed by atoms with van der Waals surface area (Å²) in [5, 5.41) is -1.02. The second-order valence-corrected chi connectivity index (χ2v) is 7.25. The molecule has 146 valence electrons. The maximum absolute atomic E-state index is 13.5. The Labute approximate surface area is 150 Å². The average molecular weight is 426 g/mol. The zero-order valence-corrected chi connectivity index (χ0v) is 14.1. The monoisotopic (exact) mass is 425 g/mol. The maximum Gasteiger partial charge on any atom is 0.431 e. The number of nitrogens with zero attached hydrogens (tertiary/aromatic N) is 1. The SMILES string of the molecule is O=[S@@](N1C(C(F)(F)F)=C[C@@H](c2ccccc2)C[C@@H]1O)C(F)(F)C(F)(F)Cl. The van der Waals surface area contributed by atoms with E-state index in [1.54, 1.807) is 6.07 Å². The van der Waals surface area contributed by atoms with Crippen LogP contribution in [0, 0.1) is 0 Å². The minimum Gasteiger partial charge on any atom is -0.373 e. The Balaban J connectivity index is 2.51. The molecule has 1 N–H and O–H groups in total. The summed E-state index contributed by atoms with van der Waals surface area (Å²) < 4.78 is 104. The van der Waals surface area contributed by atoms with Gasteiger partial charge in [-0.25, -0.2) is 4.21 Å². The molecule has 3 nitrogen and oxygen atoms in total. The molecule has 0 spiro atoms. The van der Waals surface area contributed by atoms with Gasteiger partial charge in [0.25, 0.3) is 0 Å². The first-order valence-corrected chi connectivity index (χ1v) is 8.43. The molecule has 0 bridgehead atoms. The summed E-state index contributed by atoms with van der Waals surface area (Å²) in [7, 11) is -4.28. The maximum atomic E-state index is 13.5. The smallest absolute Gasteiger partial charge is 0.373 e. The fraction of sp³-hybridized carbons (Fsp3) is 0.429. The molecule has 2 rings (SSSR count). The van der Waals surface area contributed by atoms with Crippen molar-refractivity contribution in [3.05, 3.63) is 47.7 Å². The molecule has 12 heteroatoms. The van der Waals surface area contributed by atoms with Crippen molar-refractivity contribution in [2.24, 2.45) is 0 Å². The summed E-state index contributed by atoms with van der Waals surface area (Å²) in [6, 6.07) is 7.48. The van der Waals surface area contributed by atoms with E-state index in [1.165, 1.54) is 24.3 Å². The lowest BCUT2D eigenvalue weighted by atomic mass is 9.91. The third-order valence-electron chi connectivity index (χ3n) is 3.58. The highest BCUT2D eigenvalue weighted by Crippen LogP contribution is 2.46. The van der Waals surface area contributed by atoms with E-state index in [0.29, 0.717) is 11.6 Å². The molecule has 0 saturated carbocycles. The number of rotatable bonds is 4. The number of alkyl halides is 8. The van der Waals surface area contributed by atoms with E-state index < -0.39 is 56.4 Å². The van der Waals surface area contributed by atoms with Gasteiger partial charge in [0.2, 0.25) is 11.0 Å². The Morgan fingerprint density at radius 3 is 2.08 bits per heavy atom. The Hall–Kier alpha value is -1.33. The Kier molecular flexibility index (Phi) is 5.65. The lowest BCUT2D eigenvalue weighted by Gasteiger charge is -2.39. The number of benzene rings is 1. The third-order valence-corrected chi connectivity index (χ3v) is 5.42. The van der Waals surface area contributed by atoms with Crippen molar-refractivity contribution in [3.8, 4) is 0 Å². The van der Waals surface area contributed by atoms with Crippen LogP contribution in [-0.2, 0) is 11.0 Å². The van der Waals surface area contributed by atoms with Gasteiger partial charge in [-0.3, -0.25) is 4.31 Å². The van der Waals surface area contributed by atoms with Crippen molar-refractivity contribution in [2.75, 3.05) is 0 Å². The van der Waals surface area contributed by atoms with Gasteiger partial charge in [0.05, 0.1) is 0 Å². The van der Waals surface area contributed by atoms with Gasteiger partial charge < -0.3 is 5.11 Å². The first-order valence-electron chi connectivity index (χ1n) is 6.94. The highest BCUT2D eigenvalue weighted by atomic mass is 35.5. The molecule has 1 heterocycles. The van der Waals surface area contributed by atoms with Gasteiger partial charge in [0.15, 0.2) is 0 Å². The molecule has 0 unspecified atom stereocenters. The van der Waals surface area contributed by atoms with Crippen LogP contribution in [0.2, 0.25) is 0 Å². The van der Waals surface area contributed by atoms with Crippen LogP contribution in [0.25, 0.3) is 0 Å². The Morgan fingerprint density at radius 2 is 1.62 bits per heavy atom. The van der Waals surface area contributed by atoms with E-state index in [9.17, 15) is 40.0 Å². The van der Waals surface area contributed by atoms with Crippen molar-refractivity contribution < 1.29 is 40.0 Å². The van der Waals surface area contributed by atoms with Crippen LogP contribution in [0.15, 0.2) is 42.1 Å². The van der Waals surface area contributed by atoms with E-state index in [4.69, 9.17) is 0 Å². The van der Waals surface area contributed by atoms with Crippen LogP contribution < -0.4 is 0 Å². The average Bonchev–Trinajstić information content (AvgIpc) is 2.52. The van der Waals surface area contributed by atoms with E-state index in [0.717, 1.165) is 0 Å². The molecular weight excluding hydrogens is 415 g/mol. The molecule has 0 aromatic heterocycles. The molecule has 1 aromatic carbocycles. The van der Waals surface area contributed by atoms with E-state index >= 15 is 0 Å². The van der Waals surface area contributed by atoms with Crippen molar-refractivity contribution in [1.29, 1.82) is 0 Å². The lowest BCUT2D eigenvalue weighted by Crippen LogP contribution is -2.53. The summed E-state index contributed by atoms with van der Waals surface area (Å²) in [5.41, 5.74) is -1.59. The van der Waals surface area contributed by atoms with E-state index in [1.807, 2.05) is 0 Å². The molecule has 1 aromatic rings. The van der Waals surface area contributed by atoms with Crippen molar-refractivity contribution in [2.45, 2.75) is 35.4 Å². The molecule has 0 fully saturated rings. The van der Waals surface area contributed by atoms with Gasteiger partial charge in [-0.2, -0.15) is 30.7 Å². The molecule has 0 amide bonds. The fourth-order valence-electron chi connectivity index (χ4n) is 2.39. The molecule has 0 saturated heterocycles. The number of aliphatic hydroxyl groups excluding tert-OH is 1. The second kappa shape index (κ2) is 7.01. The number of halogens is 8. The minimum atomic E-state index is -5.54. The standard InChI is InChI=1S/C14H11ClF7NO2S/c15-13(19,20)14(21,22)26(25)23-10(12(16,17)18)6-9(7-11(23)24)8-4-2-1-3-5-8/h1-6,9,11,24H,7H2/t9-,11+,26-/m1/s1. The first kappa shape index (κ1) is 21.0. The largest absolute Gasteiger partial charge is 0.431 e. The van der Waals surface area contributed by atoms with Gasteiger partial charge in [0.1, 0.15) is 11.9 Å². The number of allylic oxidation sites excluding steroid dienone is 2. The summed E-state index contributed by atoms with van der Waals surface area (Å²) >= 11 is 4.19. The summed E-state index contributed by atoms with van der Waals surface area (Å²) in [4.78, 5) is 0. The van der Waals surface area contributed by atoms with Crippen molar-refractivity contribution in [1.82, 2.24) is 4.31 Å². The van der Waals surface area contributed by atoms with Crippen LogP contribution in [0.3, 0.4) is 0 Å². The van der Waals surface area contributed by atoms with Crippen molar-refractivity contribution in [3.63, 3.8) is 0 Å². The normalized spacial score (nSPS) is 23.6. The van der Waals surface area contributed by atoms with Crippen LogP contribution in [-0.4, -0.2) is 36.7 Å². The van der Waals surface area contributed by atoms with Crippen LogP contribution in [0.4, 0.5) is 30.7 Å². The second-order valence-electron chi connectivity index (χ2n) is 5.37. The summed E-state index contributed by atoms with van der Waals surface area (Å²) in [6.45, 7) is 0. The quantitative estimate of drug-likeness (QED) is 0.576. The van der Waals surface area contributed by atoms with Crippen molar-refractivity contribution >= 4 is 22.6 Å². The van der Waals surface area contributed by atoms with Gasteiger partial charge in [-0.1, -0.05) is 30.3 Å². The first-order chi connectivity index (χ1) is 11.8. The number of aliphatic hydroxyl groups is 1. The van der Waals surface area contributed by atoms with E-state index in [-0.39, 0.29) is 0 Å². The minimum absolute atomic E-state index is 0.327. The topological polar surface area (TPSA) is 40.5 Å². The van der Waals surface area contributed by atoms with Gasteiger partial charge in [0, 0.05) is 12.3 Å². The Morgan fingerprint density at radius 1 is 1.08 bits per heavy atom. The Bertz CT molecular complexity index is 705. The number of hydrogen-bond donors (Lipinski definition) is 1. The van der Waals surface area contributed by atoms with E-state index in [2.05, 4.69) is 11.6 Å². The summed E-state index contributed by atoms with van der Waals surface area (Å²) in [6.07, 6.45) is -7.80. The molecule has 0 radical (unpaired) electrons. The molecule has 0 aliphatic carbocycles. The van der Waals surface area contributed by atoms with Gasteiger partial charge >= 0.3 is 16.8 Å². The lowest BCUT2D eigenvalue weighted by molar-refractivity contribution is -0.125. The highest BCUT2D eigenvalue weighted by Gasteiger charge is 2.64. The highest BCUT2D eigenvalue weighted by molar-refractivity contribution is 7.84. The van der Waals surface area contributed by atoms with Crippen LogP contribution >= 0.6 is 11.6 Å².